The number of hydrogen-bond donors (Lipinski definition) is 9. The molecule has 0 aliphatic carbocycles. The summed E-state index contributed by atoms with van der Waals surface area (Å²) >= 11 is 0. The SMILES string of the molecule is CC(=O)NC1C(O)[C@H](O[C@@H]2OC(COCCO)[C@H](C)[C@H](O)C2N)[C@H](COCCO)O[C@H]1O[C@@H]1C(COCCO)OCC(NC(C)=O)[C@H]1O. The Bertz CT molecular complexity index is 969. The predicted molar refractivity (Wildman–Crippen MR) is 161 cm³/mol. The van der Waals surface area contributed by atoms with Gasteiger partial charge in [0.05, 0.1) is 90.4 Å². The number of hydrogen-bond acceptors (Lipinski definition) is 17. The maximum Gasteiger partial charge on any atom is 0.217 e. The van der Waals surface area contributed by atoms with Crippen LogP contribution in [0.5, 0.6) is 0 Å². The monoisotopic (exact) mass is 699 g/mol. The molecule has 10 N–H and O–H groups in total. The first-order valence-electron chi connectivity index (χ1n) is 16.1. The molecular weight excluding hydrogens is 646 g/mol. The third kappa shape index (κ3) is 11.2. The molecule has 14 atom stereocenters. The largest absolute Gasteiger partial charge is 0.394 e. The highest BCUT2D eigenvalue weighted by atomic mass is 16.7. The van der Waals surface area contributed by atoms with Crippen molar-refractivity contribution in [1.29, 1.82) is 0 Å². The van der Waals surface area contributed by atoms with Crippen molar-refractivity contribution in [3.05, 3.63) is 0 Å². The molecule has 280 valence electrons. The minimum Gasteiger partial charge on any atom is -0.394 e. The van der Waals surface area contributed by atoms with Crippen molar-refractivity contribution in [2.75, 3.05) is 66.1 Å². The molecule has 6 unspecified atom stereocenters. The van der Waals surface area contributed by atoms with Crippen molar-refractivity contribution >= 4 is 11.8 Å². The molecule has 19 nitrogen and oxygen atoms in total. The van der Waals surface area contributed by atoms with E-state index in [0.717, 1.165) is 0 Å². The Morgan fingerprint density at radius 3 is 1.79 bits per heavy atom. The summed E-state index contributed by atoms with van der Waals surface area (Å²) in [7, 11) is 0. The van der Waals surface area contributed by atoms with Gasteiger partial charge >= 0.3 is 0 Å². The number of aliphatic hydroxyl groups is 6. The number of carbonyl (C=O) groups excluding carboxylic acids is 2. The zero-order valence-corrected chi connectivity index (χ0v) is 27.5. The van der Waals surface area contributed by atoms with Crippen molar-refractivity contribution in [1.82, 2.24) is 10.6 Å². The van der Waals surface area contributed by atoms with E-state index in [2.05, 4.69) is 10.6 Å². The number of amides is 2. The van der Waals surface area contributed by atoms with Gasteiger partial charge in [0, 0.05) is 19.8 Å². The predicted octanol–water partition coefficient (Wildman–Crippen LogP) is -5.31. The number of nitrogens with one attached hydrogen (secondary N) is 2. The van der Waals surface area contributed by atoms with E-state index in [0.29, 0.717) is 0 Å². The average molecular weight is 700 g/mol. The van der Waals surface area contributed by atoms with Crippen LogP contribution in [0.4, 0.5) is 0 Å². The van der Waals surface area contributed by atoms with Gasteiger partial charge < -0.3 is 84.9 Å². The summed E-state index contributed by atoms with van der Waals surface area (Å²) in [5, 5.41) is 66.6. The maximum atomic E-state index is 12.4. The van der Waals surface area contributed by atoms with E-state index in [4.69, 9.17) is 53.8 Å². The van der Waals surface area contributed by atoms with E-state index in [1.807, 2.05) is 0 Å². The first-order valence-corrected chi connectivity index (χ1v) is 16.1. The molecule has 3 fully saturated rings. The summed E-state index contributed by atoms with van der Waals surface area (Å²) in [6.07, 6.45) is -12.1. The number of ether oxygens (including phenoxy) is 8. The van der Waals surface area contributed by atoms with Crippen molar-refractivity contribution < 1.29 is 78.1 Å². The minimum atomic E-state index is -1.58. The fourth-order valence-corrected chi connectivity index (χ4v) is 5.83. The van der Waals surface area contributed by atoms with Gasteiger partial charge in [0.2, 0.25) is 11.8 Å². The maximum absolute atomic E-state index is 12.4. The number of rotatable bonds is 18. The zero-order valence-electron chi connectivity index (χ0n) is 27.5. The van der Waals surface area contributed by atoms with Gasteiger partial charge in [-0.1, -0.05) is 6.92 Å². The van der Waals surface area contributed by atoms with Gasteiger partial charge in [0.1, 0.15) is 42.7 Å². The molecule has 0 aromatic heterocycles. The van der Waals surface area contributed by atoms with Gasteiger partial charge in [-0.05, 0) is 0 Å². The first kappa shape index (κ1) is 40.8. The third-order valence-corrected chi connectivity index (χ3v) is 8.32. The van der Waals surface area contributed by atoms with E-state index < -0.39 is 97.3 Å². The quantitative estimate of drug-likeness (QED) is 0.0604. The van der Waals surface area contributed by atoms with E-state index in [-0.39, 0.29) is 66.1 Å². The van der Waals surface area contributed by atoms with Crippen LogP contribution in [0, 0.1) is 5.92 Å². The fourth-order valence-electron chi connectivity index (χ4n) is 5.83. The second-order valence-corrected chi connectivity index (χ2v) is 12.0. The molecule has 3 heterocycles. The molecule has 0 spiro atoms. The van der Waals surface area contributed by atoms with Crippen LogP contribution in [0.3, 0.4) is 0 Å². The van der Waals surface area contributed by atoms with E-state index >= 15 is 0 Å². The standard InChI is InChI=1S/C29H53N3O16/c1-14-18(11-41-7-4-33)45-28(21(30)23(14)38)47-27-20(13-43-9-6-35)46-29(22(25(27)40)32-16(3)37)48-26-19(12-42-8-5-34)44-10-17(24(26)39)31-15(2)36/h14,17-29,33-35,38-40H,4-13,30H2,1-3H3,(H,31,36)(H,32,37)/t14-,17?,18?,19?,20-,21?,22?,23-,24+,25?,26+,27+,28-,29-/m0/s1. The molecule has 0 bridgehead atoms. The smallest absolute Gasteiger partial charge is 0.217 e. The fraction of sp³-hybridized carbons (Fsp3) is 0.931. The Labute approximate surface area is 278 Å². The summed E-state index contributed by atoms with van der Waals surface area (Å²) < 4.78 is 46.9. The molecule has 3 saturated heterocycles. The van der Waals surface area contributed by atoms with Crippen molar-refractivity contribution in [2.24, 2.45) is 11.7 Å². The highest BCUT2D eigenvalue weighted by Crippen LogP contribution is 2.33. The molecule has 0 radical (unpaired) electrons. The van der Waals surface area contributed by atoms with Crippen LogP contribution in [0.25, 0.3) is 0 Å². The molecular formula is C29H53N3O16. The highest BCUT2D eigenvalue weighted by molar-refractivity contribution is 5.73. The van der Waals surface area contributed by atoms with E-state index in [9.17, 15) is 30.0 Å². The van der Waals surface area contributed by atoms with Gasteiger partial charge in [0.15, 0.2) is 12.6 Å². The van der Waals surface area contributed by atoms with Gasteiger partial charge in [-0.2, -0.15) is 0 Å². The van der Waals surface area contributed by atoms with Crippen LogP contribution in [0.15, 0.2) is 0 Å². The van der Waals surface area contributed by atoms with Crippen molar-refractivity contribution in [2.45, 2.75) is 100 Å². The van der Waals surface area contributed by atoms with Crippen LogP contribution in [0.2, 0.25) is 0 Å². The Morgan fingerprint density at radius 2 is 1.23 bits per heavy atom. The highest BCUT2D eigenvalue weighted by Gasteiger charge is 2.53. The van der Waals surface area contributed by atoms with Gasteiger partial charge in [-0.25, -0.2) is 0 Å². The van der Waals surface area contributed by atoms with Crippen molar-refractivity contribution in [3.63, 3.8) is 0 Å². The lowest BCUT2D eigenvalue weighted by atomic mass is 9.89. The van der Waals surface area contributed by atoms with Crippen molar-refractivity contribution in [3.8, 4) is 0 Å². The lowest BCUT2D eigenvalue weighted by molar-refractivity contribution is -0.342. The molecule has 48 heavy (non-hydrogen) atoms. The molecule has 0 aromatic rings. The second-order valence-electron chi connectivity index (χ2n) is 12.0. The topological polar surface area (TPSA) is 279 Å². The van der Waals surface area contributed by atoms with Crippen LogP contribution >= 0.6 is 0 Å². The Balaban J connectivity index is 1.89. The van der Waals surface area contributed by atoms with E-state index in [1.165, 1.54) is 13.8 Å². The Hall–Kier alpha value is -1.66. The second kappa shape index (κ2) is 20.3. The number of carbonyl (C=O) groups is 2. The van der Waals surface area contributed by atoms with Crippen LogP contribution in [-0.2, 0) is 47.5 Å². The molecule has 19 heteroatoms. The zero-order chi connectivity index (χ0) is 35.4. The third-order valence-electron chi connectivity index (χ3n) is 8.32. The molecule has 3 rings (SSSR count). The van der Waals surface area contributed by atoms with Crippen LogP contribution in [0.1, 0.15) is 20.8 Å². The Kier molecular flexibility index (Phi) is 17.2. The lowest BCUT2D eigenvalue weighted by Crippen LogP contribution is -2.69. The minimum absolute atomic E-state index is 0.0109. The summed E-state index contributed by atoms with van der Waals surface area (Å²) in [4.78, 5) is 24.2. The van der Waals surface area contributed by atoms with E-state index in [1.54, 1.807) is 6.92 Å². The summed E-state index contributed by atoms with van der Waals surface area (Å²) in [5.74, 6) is -1.47. The van der Waals surface area contributed by atoms with Gasteiger partial charge in [-0.3, -0.25) is 9.59 Å². The van der Waals surface area contributed by atoms with Crippen LogP contribution in [-0.4, -0.2) is 188 Å². The summed E-state index contributed by atoms with van der Waals surface area (Å²) in [6, 6.07) is -3.28. The normalized spacial score (nSPS) is 38.8. The Morgan fingerprint density at radius 1 is 0.729 bits per heavy atom. The molecule has 0 saturated carbocycles. The average Bonchev–Trinajstić information content (AvgIpc) is 3.04. The van der Waals surface area contributed by atoms with Gasteiger partial charge in [-0.15, -0.1) is 0 Å². The van der Waals surface area contributed by atoms with Crippen LogP contribution < -0.4 is 16.4 Å². The summed E-state index contributed by atoms with van der Waals surface area (Å²) in [5.41, 5.74) is 6.29. The lowest BCUT2D eigenvalue weighted by Gasteiger charge is -2.49. The molecule has 3 aliphatic heterocycles. The number of nitrogens with two attached hydrogens (primary N) is 1. The molecule has 3 aliphatic rings. The van der Waals surface area contributed by atoms with Gasteiger partial charge in [0.25, 0.3) is 0 Å². The molecule has 2 amide bonds. The molecule has 0 aromatic carbocycles. The first-order chi connectivity index (χ1) is 22.9. The summed E-state index contributed by atoms with van der Waals surface area (Å²) in [6.45, 7) is 2.87. The number of aliphatic hydroxyl groups excluding tert-OH is 6.